The second kappa shape index (κ2) is 10.3. The van der Waals surface area contributed by atoms with E-state index in [1.54, 1.807) is 0 Å². The molecular weight excluding hydrogens is 633 g/mol. The van der Waals surface area contributed by atoms with E-state index >= 15 is 0 Å². The number of para-hydroxylation sites is 4. The normalized spacial score (nSPS) is 12.2. The molecule has 12 rings (SSSR count). The van der Waals surface area contributed by atoms with Gasteiger partial charge in [-0.2, -0.15) is 0 Å². The zero-order chi connectivity index (χ0) is 33.9. The van der Waals surface area contributed by atoms with Gasteiger partial charge in [-0.05, 0) is 70.8 Å². The topological polar surface area (TPSA) is 35.1 Å². The van der Waals surface area contributed by atoms with E-state index in [0.29, 0.717) is 0 Å². The highest BCUT2D eigenvalue weighted by atomic mass is 15.0. The molecule has 0 fully saturated rings. The average molecular weight is 661 g/mol. The summed E-state index contributed by atoms with van der Waals surface area (Å²) in [5.74, 6) is 0. The molecule has 0 aliphatic heterocycles. The van der Waals surface area contributed by atoms with Crippen LogP contribution in [0.3, 0.4) is 0 Å². The third-order valence-electron chi connectivity index (χ3n) is 11.0. The highest BCUT2D eigenvalue weighted by molar-refractivity contribution is 6.33. The predicted molar refractivity (Wildman–Crippen MR) is 217 cm³/mol. The standard InChI is InChI=1S/C48H28N4/c1-2-12-30-27-32(24-23-29(30)11-1)47-46(49-38-18-5-6-19-39(38)50-47)31-13-9-14-33(28-31)51-42-22-10-17-36-34-15-3-7-20-40(34)52-41-21-8-4-16-35(41)37-25-26-43(51)45(44(36)42)48(37)52/h1-28H. The molecule has 52 heavy (non-hydrogen) atoms. The van der Waals surface area contributed by atoms with Crippen molar-refractivity contribution < 1.29 is 0 Å². The van der Waals surface area contributed by atoms with Crippen molar-refractivity contribution in [3.05, 3.63) is 170 Å². The number of nitrogens with zero attached hydrogens (tertiary/aromatic N) is 4. The minimum absolute atomic E-state index is 0.870. The van der Waals surface area contributed by atoms with Crippen LogP contribution in [0.5, 0.6) is 0 Å². The smallest absolute Gasteiger partial charge is 0.0973 e. The Balaban J connectivity index is 1.17. The summed E-state index contributed by atoms with van der Waals surface area (Å²) in [6.45, 7) is 0. The van der Waals surface area contributed by atoms with Gasteiger partial charge >= 0.3 is 0 Å². The molecule has 0 radical (unpaired) electrons. The maximum absolute atomic E-state index is 5.30. The Bertz CT molecular complexity index is 3420. The molecule has 0 saturated carbocycles. The van der Waals surface area contributed by atoms with Crippen molar-refractivity contribution in [3.8, 4) is 28.2 Å². The van der Waals surface area contributed by atoms with Crippen molar-refractivity contribution in [3.63, 3.8) is 0 Å². The van der Waals surface area contributed by atoms with Crippen molar-refractivity contribution in [1.82, 2.24) is 18.9 Å². The molecule has 12 aromatic rings. The molecule has 4 heterocycles. The molecule has 8 aromatic carbocycles. The number of hydrogen-bond donors (Lipinski definition) is 0. The van der Waals surface area contributed by atoms with Crippen LogP contribution in [0, 0.1) is 0 Å². The maximum Gasteiger partial charge on any atom is 0.0973 e. The van der Waals surface area contributed by atoms with Crippen LogP contribution in [0.15, 0.2) is 170 Å². The van der Waals surface area contributed by atoms with E-state index in [0.717, 1.165) is 39.2 Å². The van der Waals surface area contributed by atoms with Gasteiger partial charge in [-0.1, -0.05) is 115 Å². The third kappa shape index (κ3) is 3.70. The largest absolute Gasteiger partial charge is 0.309 e. The highest BCUT2D eigenvalue weighted by Crippen LogP contribution is 2.45. The summed E-state index contributed by atoms with van der Waals surface area (Å²) < 4.78 is 4.93. The quantitative estimate of drug-likeness (QED) is 0.189. The zero-order valence-corrected chi connectivity index (χ0v) is 28.0. The minimum Gasteiger partial charge on any atom is -0.309 e. The molecule has 0 atom stereocenters. The third-order valence-corrected chi connectivity index (χ3v) is 11.0. The second-order valence-electron chi connectivity index (χ2n) is 13.8. The molecule has 0 amide bonds. The van der Waals surface area contributed by atoms with Gasteiger partial charge in [0.15, 0.2) is 0 Å². The number of rotatable bonds is 3. The lowest BCUT2D eigenvalue weighted by Gasteiger charge is -2.14. The molecule has 0 N–H and O–H groups in total. The van der Waals surface area contributed by atoms with Gasteiger partial charge in [-0.15, -0.1) is 0 Å². The van der Waals surface area contributed by atoms with Crippen molar-refractivity contribution in [2.45, 2.75) is 0 Å². The molecule has 4 aromatic heterocycles. The van der Waals surface area contributed by atoms with Crippen LogP contribution in [0.4, 0.5) is 0 Å². The molecule has 0 aliphatic carbocycles. The van der Waals surface area contributed by atoms with Gasteiger partial charge in [0.1, 0.15) is 0 Å². The van der Waals surface area contributed by atoms with Gasteiger partial charge in [0.2, 0.25) is 0 Å². The lowest BCUT2D eigenvalue weighted by atomic mass is 10.00. The van der Waals surface area contributed by atoms with Gasteiger partial charge in [0, 0.05) is 43.7 Å². The Morgan fingerprint density at radius 2 is 0.962 bits per heavy atom. The lowest BCUT2D eigenvalue weighted by molar-refractivity contribution is 1.18. The Morgan fingerprint density at radius 1 is 0.365 bits per heavy atom. The first-order chi connectivity index (χ1) is 25.8. The predicted octanol–water partition coefficient (Wildman–Crippen LogP) is 12.4. The van der Waals surface area contributed by atoms with Gasteiger partial charge in [0.05, 0.1) is 50.0 Å². The van der Waals surface area contributed by atoms with E-state index in [1.165, 1.54) is 70.7 Å². The summed E-state index contributed by atoms with van der Waals surface area (Å²) >= 11 is 0. The molecule has 0 bridgehead atoms. The molecular formula is C48H28N4. The molecule has 4 heteroatoms. The summed E-state index contributed by atoms with van der Waals surface area (Å²) in [6, 6.07) is 61.1. The van der Waals surface area contributed by atoms with E-state index in [-0.39, 0.29) is 0 Å². The number of fused-ring (bicyclic) bond motifs is 8. The number of hydrogen-bond acceptors (Lipinski definition) is 2. The van der Waals surface area contributed by atoms with Crippen LogP contribution in [0.1, 0.15) is 0 Å². The van der Waals surface area contributed by atoms with E-state index in [9.17, 15) is 0 Å². The second-order valence-corrected chi connectivity index (χ2v) is 13.8. The van der Waals surface area contributed by atoms with Crippen molar-refractivity contribution >= 4 is 81.7 Å². The first kappa shape index (κ1) is 27.7. The van der Waals surface area contributed by atoms with Gasteiger partial charge in [-0.25, -0.2) is 9.97 Å². The van der Waals surface area contributed by atoms with Crippen LogP contribution >= 0.6 is 0 Å². The fourth-order valence-corrected chi connectivity index (χ4v) is 8.78. The van der Waals surface area contributed by atoms with Crippen molar-refractivity contribution in [2.75, 3.05) is 0 Å². The van der Waals surface area contributed by atoms with Crippen molar-refractivity contribution in [1.29, 1.82) is 0 Å². The Hall–Kier alpha value is -7.04. The lowest BCUT2D eigenvalue weighted by Crippen LogP contribution is -1.98. The molecule has 240 valence electrons. The van der Waals surface area contributed by atoms with Crippen LogP contribution in [0.25, 0.3) is 110 Å². The maximum atomic E-state index is 5.30. The van der Waals surface area contributed by atoms with E-state index < -0.39 is 0 Å². The fourth-order valence-electron chi connectivity index (χ4n) is 8.78. The van der Waals surface area contributed by atoms with Crippen LogP contribution in [-0.2, 0) is 0 Å². The number of benzene rings is 8. The summed E-state index contributed by atoms with van der Waals surface area (Å²) in [5, 5.41) is 9.99. The summed E-state index contributed by atoms with van der Waals surface area (Å²) in [6.07, 6.45) is 0. The van der Waals surface area contributed by atoms with Crippen LogP contribution in [-0.4, -0.2) is 18.9 Å². The molecule has 0 unspecified atom stereocenters. The Morgan fingerprint density at radius 3 is 1.75 bits per heavy atom. The summed E-state index contributed by atoms with van der Waals surface area (Å²) in [5.41, 5.74) is 12.7. The number of aromatic nitrogens is 4. The summed E-state index contributed by atoms with van der Waals surface area (Å²) in [7, 11) is 0. The van der Waals surface area contributed by atoms with Crippen LogP contribution in [0.2, 0.25) is 0 Å². The van der Waals surface area contributed by atoms with Gasteiger partial charge < -0.3 is 8.97 Å². The van der Waals surface area contributed by atoms with E-state index in [1.807, 2.05) is 18.2 Å². The average Bonchev–Trinajstić information content (AvgIpc) is 3.69. The fraction of sp³-hybridized carbons (Fsp3) is 0. The molecule has 0 saturated heterocycles. The first-order valence-electron chi connectivity index (χ1n) is 17.8. The van der Waals surface area contributed by atoms with E-state index in [2.05, 4.69) is 161 Å². The summed E-state index contributed by atoms with van der Waals surface area (Å²) in [4.78, 5) is 10.6. The van der Waals surface area contributed by atoms with Crippen molar-refractivity contribution in [2.24, 2.45) is 0 Å². The minimum atomic E-state index is 0.870. The first-order valence-corrected chi connectivity index (χ1v) is 17.8. The zero-order valence-electron chi connectivity index (χ0n) is 28.0. The van der Waals surface area contributed by atoms with Gasteiger partial charge in [0.25, 0.3) is 0 Å². The van der Waals surface area contributed by atoms with Crippen LogP contribution < -0.4 is 0 Å². The Labute approximate surface area is 297 Å². The van der Waals surface area contributed by atoms with Gasteiger partial charge in [-0.3, -0.25) is 0 Å². The van der Waals surface area contributed by atoms with E-state index in [4.69, 9.17) is 9.97 Å². The Kier molecular flexibility index (Phi) is 5.47. The highest BCUT2D eigenvalue weighted by Gasteiger charge is 2.23. The monoisotopic (exact) mass is 660 g/mol. The molecule has 4 nitrogen and oxygen atoms in total. The molecule has 0 aliphatic rings. The SMILES string of the molecule is c1cc(-c2nc3ccccc3nc2-c2ccc3ccccc3c2)cc(-n2c3cccc4c5ccccc5n5c6ccccc6c6ccc2c(c43)c65)c1. The molecule has 0 spiro atoms.